The van der Waals surface area contributed by atoms with Gasteiger partial charge in [0.15, 0.2) is 0 Å². The van der Waals surface area contributed by atoms with Crippen molar-refractivity contribution in [3.63, 3.8) is 0 Å². The van der Waals surface area contributed by atoms with Gasteiger partial charge in [0.05, 0.1) is 23.7 Å². The van der Waals surface area contributed by atoms with Gasteiger partial charge in [-0.15, -0.1) is 0 Å². The fourth-order valence-electron chi connectivity index (χ4n) is 4.04. The number of carbonyl (C=O) groups is 3. The molecule has 4 amide bonds. The molecular formula is C26H26N4O4. The molecule has 1 fully saturated rings. The van der Waals surface area contributed by atoms with Crippen LogP contribution in [0.15, 0.2) is 48.0 Å². The Kier molecular flexibility index (Phi) is 6.06. The number of aryl methyl sites for hydroxylation is 3. The number of imide groups is 2. The number of carbonyl (C=O) groups excluding carboxylic acids is 3. The summed E-state index contributed by atoms with van der Waals surface area (Å²) in [6.07, 6.45) is 1.50. The number of barbiturate groups is 1. The Labute approximate surface area is 197 Å². The number of aromatic nitrogens is 2. The van der Waals surface area contributed by atoms with Crippen LogP contribution < -0.4 is 15.0 Å². The van der Waals surface area contributed by atoms with E-state index in [0.29, 0.717) is 29.3 Å². The summed E-state index contributed by atoms with van der Waals surface area (Å²) < 4.78 is 7.22. The zero-order valence-electron chi connectivity index (χ0n) is 19.8. The number of benzene rings is 2. The molecular weight excluding hydrogens is 432 g/mol. The van der Waals surface area contributed by atoms with Crippen LogP contribution in [-0.2, 0) is 9.59 Å². The van der Waals surface area contributed by atoms with Crippen molar-refractivity contribution in [1.82, 2.24) is 15.1 Å². The standard InChI is InChI=1S/C26H26N4O4/c1-6-34-20-10-8-19(9-11-20)29-25(32)22(24(31)27-26(29)33)14-21-17(4)28-30(18(21)5)23-12-7-15(2)13-16(23)3/h7-14H,6H2,1-5H3,(H,27,31,33)/b22-14+. The summed E-state index contributed by atoms with van der Waals surface area (Å²) in [6, 6.07) is 11.8. The Morgan fingerprint density at radius 2 is 1.71 bits per heavy atom. The Balaban J connectivity index is 1.73. The molecule has 0 atom stereocenters. The van der Waals surface area contributed by atoms with Gasteiger partial charge in [-0.1, -0.05) is 17.7 Å². The Morgan fingerprint density at radius 3 is 2.35 bits per heavy atom. The van der Waals surface area contributed by atoms with Gasteiger partial charge in [-0.2, -0.15) is 5.10 Å². The van der Waals surface area contributed by atoms with Gasteiger partial charge in [-0.3, -0.25) is 14.9 Å². The maximum absolute atomic E-state index is 13.3. The first kappa shape index (κ1) is 23.0. The van der Waals surface area contributed by atoms with Crippen molar-refractivity contribution in [2.45, 2.75) is 34.6 Å². The molecule has 0 unspecified atom stereocenters. The van der Waals surface area contributed by atoms with E-state index in [-0.39, 0.29) is 5.57 Å². The Morgan fingerprint density at radius 1 is 1.00 bits per heavy atom. The predicted octanol–water partition coefficient (Wildman–Crippen LogP) is 4.17. The fourth-order valence-corrected chi connectivity index (χ4v) is 4.04. The molecule has 2 heterocycles. The molecule has 3 aromatic rings. The van der Waals surface area contributed by atoms with Crippen molar-refractivity contribution in [3.05, 3.63) is 76.1 Å². The van der Waals surface area contributed by atoms with Crippen LogP contribution in [-0.4, -0.2) is 34.2 Å². The number of nitrogens with one attached hydrogen (secondary N) is 1. The van der Waals surface area contributed by atoms with E-state index in [9.17, 15) is 14.4 Å². The second-order valence-electron chi connectivity index (χ2n) is 8.17. The zero-order chi connectivity index (χ0) is 24.6. The summed E-state index contributed by atoms with van der Waals surface area (Å²) >= 11 is 0. The molecule has 1 aliphatic rings. The zero-order valence-corrected chi connectivity index (χ0v) is 19.8. The molecule has 0 spiro atoms. The summed E-state index contributed by atoms with van der Waals surface area (Å²) in [5.74, 6) is -0.820. The first-order valence-electron chi connectivity index (χ1n) is 11.0. The molecule has 0 bridgehead atoms. The van der Waals surface area contributed by atoms with E-state index >= 15 is 0 Å². The quantitative estimate of drug-likeness (QED) is 0.458. The molecule has 174 valence electrons. The van der Waals surface area contributed by atoms with E-state index in [0.717, 1.165) is 27.4 Å². The van der Waals surface area contributed by atoms with Crippen molar-refractivity contribution < 1.29 is 19.1 Å². The summed E-state index contributed by atoms with van der Waals surface area (Å²) in [5.41, 5.74) is 5.42. The van der Waals surface area contributed by atoms with Gasteiger partial charge in [-0.05, 0) is 76.6 Å². The molecule has 1 aromatic heterocycles. The van der Waals surface area contributed by atoms with Crippen LogP contribution in [0.1, 0.15) is 35.0 Å². The van der Waals surface area contributed by atoms with E-state index in [2.05, 4.69) is 16.5 Å². The van der Waals surface area contributed by atoms with Crippen molar-refractivity contribution in [2.24, 2.45) is 0 Å². The van der Waals surface area contributed by atoms with Crippen LogP contribution >= 0.6 is 0 Å². The van der Waals surface area contributed by atoms with Crippen LogP contribution in [0.4, 0.5) is 10.5 Å². The van der Waals surface area contributed by atoms with E-state index in [1.54, 1.807) is 28.9 Å². The van der Waals surface area contributed by atoms with Crippen LogP contribution in [0.25, 0.3) is 11.8 Å². The molecule has 1 N–H and O–H groups in total. The highest BCUT2D eigenvalue weighted by Crippen LogP contribution is 2.27. The van der Waals surface area contributed by atoms with Gasteiger partial charge in [0.25, 0.3) is 11.8 Å². The lowest BCUT2D eigenvalue weighted by atomic mass is 10.1. The molecule has 8 heteroatoms. The summed E-state index contributed by atoms with van der Waals surface area (Å²) in [4.78, 5) is 39.4. The minimum absolute atomic E-state index is 0.139. The van der Waals surface area contributed by atoms with Gasteiger partial charge in [-0.25, -0.2) is 14.4 Å². The van der Waals surface area contributed by atoms with Crippen LogP contribution in [0, 0.1) is 27.7 Å². The minimum Gasteiger partial charge on any atom is -0.494 e. The molecule has 8 nitrogen and oxygen atoms in total. The van der Waals surface area contributed by atoms with Gasteiger partial charge in [0.1, 0.15) is 11.3 Å². The van der Waals surface area contributed by atoms with Gasteiger partial charge >= 0.3 is 6.03 Å². The van der Waals surface area contributed by atoms with Crippen molar-refractivity contribution in [2.75, 3.05) is 11.5 Å². The third-order valence-electron chi connectivity index (χ3n) is 5.72. The predicted molar refractivity (Wildman–Crippen MR) is 129 cm³/mol. The number of ether oxygens (including phenoxy) is 1. The minimum atomic E-state index is -0.796. The topological polar surface area (TPSA) is 93.5 Å². The maximum atomic E-state index is 13.3. The number of hydrogen-bond donors (Lipinski definition) is 1. The van der Waals surface area contributed by atoms with E-state index in [4.69, 9.17) is 4.74 Å². The van der Waals surface area contributed by atoms with Gasteiger partial charge in [0.2, 0.25) is 0 Å². The third-order valence-corrected chi connectivity index (χ3v) is 5.72. The van der Waals surface area contributed by atoms with E-state index < -0.39 is 17.8 Å². The van der Waals surface area contributed by atoms with Crippen molar-refractivity contribution >= 4 is 29.6 Å². The third kappa shape index (κ3) is 4.10. The first-order chi connectivity index (χ1) is 16.2. The fraction of sp³-hybridized carbons (Fsp3) is 0.231. The van der Waals surface area contributed by atoms with Crippen LogP contribution in [0.3, 0.4) is 0 Å². The average Bonchev–Trinajstić information content (AvgIpc) is 3.05. The Bertz CT molecular complexity index is 1340. The molecule has 4 rings (SSSR count). The number of nitrogens with zero attached hydrogens (tertiary/aromatic N) is 3. The number of amides is 4. The monoisotopic (exact) mass is 458 g/mol. The number of anilines is 1. The SMILES string of the molecule is CCOc1ccc(N2C(=O)NC(=O)/C(=C\c3c(C)nn(-c4ccc(C)cc4C)c3C)C2=O)cc1. The largest absolute Gasteiger partial charge is 0.494 e. The molecule has 0 radical (unpaired) electrons. The number of urea groups is 1. The molecule has 2 aromatic carbocycles. The lowest BCUT2D eigenvalue weighted by Gasteiger charge is -2.26. The molecule has 0 aliphatic carbocycles. The summed E-state index contributed by atoms with van der Waals surface area (Å²) in [7, 11) is 0. The average molecular weight is 459 g/mol. The van der Waals surface area contributed by atoms with E-state index in [1.165, 1.54) is 6.08 Å². The van der Waals surface area contributed by atoms with E-state index in [1.807, 2.05) is 46.8 Å². The van der Waals surface area contributed by atoms with Crippen molar-refractivity contribution in [3.8, 4) is 11.4 Å². The van der Waals surface area contributed by atoms with Crippen LogP contribution in [0.5, 0.6) is 5.75 Å². The molecule has 1 aliphatic heterocycles. The summed E-state index contributed by atoms with van der Waals surface area (Å²) in [5, 5.41) is 6.90. The van der Waals surface area contributed by atoms with Gasteiger partial charge < -0.3 is 4.74 Å². The highest BCUT2D eigenvalue weighted by atomic mass is 16.5. The normalized spacial score (nSPS) is 15.1. The highest BCUT2D eigenvalue weighted by molar-refractivity contribution is 6.39. The summed E-state index contributed by atoms with van der Waals surface area (Å²) in [6.45, 7) is 10.1. The van der Waals surface area contributed by atoms with Gasteiger partial charge in [0, 0.05) is 11.3 Å². The van der Waals surface area contributed by atoms with Crippen molar-refractivity contribution in [1.29, 1.82) is 0 Å². The second-order valence-corrected chi connectivity index (χ2v) is 8.17. The lowest BCUT2D eigenvalue weighted by molar-refractivity contribution is -0.122. The Hall–Kier alpha value is -4.20. The molecule has 1 saturated heterocycles. The lowest BCUT2D eigenvalue weighted by Crippen LogP contribution is -2.54. The number of rotatable bonds is 5. The first-order valence-corrected chi connectivity index (χ1v) is 11.0. The highest BCUT2D eigenvalue weighted by Gasteiger charge is 2.37. The maximum Gasteiger partial charge on any atom is 0.335 e. The molecule has 34 heavy (non-hydrogen) atoms. The number of hydrogen-bond acceptors (Lipinski definition) is 5. The molecule has 0 saturated carbocycles. The van der Waals surface area contributed by atoms with Crippen LogP contribution in [0.2, 0.25) is 0 Å². The second kappa shape index (κ2) is 8.97. The smallest absolute Gasteiger partial charge is 0.335 e.